The fraction of sp³-hybridized carbons (Fsp3) is 0.357. The smallest absolute Gasteiger partial charge is 0.251 e. The van der Waals surface area contributed by atoms with E-state index >= 15 is 0 Å². The van der Waals surface area contributed by atoms with Crippen molar-refractivity contribution in [2.45, 2.75) is 32.9 Å². The van der Waals surface area contributed by atoms with Gasteiger partial charge in [0.1, 0.15) is 0 Å². The van der Waals surface area contributed by atoms with Crippen LogP contribution >= 0.6 is 12.2 Å². The van der Waals surface area contributed by atoms with Crippen LogP contribution in [-0.4, -0.2) is 20.7 Å². The number of hydrogen-bond acceptors (Lipinski definition) is 3. The summed E-state index contributed by atoms with van der Waals surface area (Å²) < 4.78 is 2.47. The van der Waals surface area contributed by atoms with Gasteiger partial charge in [0.05, 0.1) is 6.04 Å². The van der Waals surface area contributed by atoms with Crippen molar-refractivity contribution >= 4 is 18.1 Å². The fourth-order valence-corrected chi connectivity index (χ4v) is 2.41. The molecule has 0 radical (unpaired) electrons. The number of aromatic nitrogens is 3. The van der Waals surface area contributed by atoms with Crippen LogP contribution in [0.4, 0.5) is 0 Å². The van der Waals surface area contributed by atoms with Gasteiger partial charge in [-0.2, -0.15) is 5.10 Å². The minimum Gasteiger partial charge on any atom is -0.342 e. The summed E-state index contributed by atoms with van der Waals surface area (Å²) in [6.45, 7) is 5.95. The van der Waals surface area contributed by atoms with Crippen LogP contribution in [0, 0.1) is 4.77 Å². The lowest BCUT2D eigenvalue weighted by molar-refractivity contribution is 0.0937. The number of nitrogens with zero attached hydrogens (tertiary/aromatic N) is 2. The maximum atomic E-state index is 12.1. The molecule has 1 unspecified atom stereocenters. The molecule has 0 spiro atoms. The number of hydrogen-bond donors (Lipinski definition) is 2. The summed E-state index contributed by atoms with van der Waals surface area (Å²) in [7, 11) is 0. The molecule has 2 N–H and O–H groups in total. The van der Waals surface area contributed by atoms with E-state index in [0.29, 0.717) is 10.3 Å². The van der Waals surface area contributed by atoms with Gasteiger partial charge in [-0.25, -0.2) is 0 Å². The highest BCUT2D eigenvalue weighted by Crippen LogP contribution is 2.16. The molecule has 1 aromatic carbocycles. The Morgan fingerprint density at radius 2 is 1.95 bits per heavy atom. The lowest BCUT2D eigenvalue weighted by Gasteiger charge is -2.17. The first-order chi connectivity index (χ1) is 9.50. The van der Waals surface area contributed by atoms with Gasteiger partial charge in [-0.1, -0.05) is 18.2 Å². The van der Waals surface area contributed by atoms with Crippen LogP contribution in [0.1, 0.15) is 49.0 Å². The van der Waals surface area contributed by atoms with E-state index in [-0.39, 0.29) is 18.0 Å². The number of carbonyl (C=O) groups is 1. The monoisotopic (exact) mass is 290 g/mol. The van der Waals surface area contributed by atoms with Gasteiger partial charge in [0.25, 0.3) is 5.91 Å². The zero-order valence-corrected chi connectivity index (χ0v) is 12.6. The van der Waals surface area contributed by atoms with Crippen molar-refractivity contribution < 1.29 is 4.79 Å². The SMILES string of the molecule is CC(NC(=O)c1ccccc1)c1n[nH]c(=S)n1C(C)C. The number of rotatable bonds is 4. The molecule has 0 aliphatic rings. The zero-order valence-electron chi connectivity index (χ0n) is 11.8. The fourth-order valence-electron chi connectivity index (χ4n) is 2.06. The predicted octanol–water partition coefficient (Wildman–Crippen LogP) is 3.01. The van der Waals surface area contributed by atoms with Crippen LogP contribution in [0.3, 0.4) is 0 Å². The Balaban J connectivity index is 2.19. The van der Waals surface area contributed by atoms with Crippen LogP contribution in [0.25, 0.3) is 0 Å². The first-order valence-electron chi connectivity index (χ1n) is 6.53. The summed E-state index contributed by atoms with van der Waals surface area (Å²) in [5.41, 5.74) is 0.629. The van der Waals surface area contributed by atoms with Crippen molar-refractivity contribution in [3.05, 3.63) is 46.5 Å². The molecule has 0 bridgehead atoms. The number of carbonyl (C=O) groups excluding carboxylic acids is 1. The number of amides is 1. The van der Waals surface area contributed by atoms with Crippen molar-refractivity contribution in [1.29, 1.82) is 0 Å². The second-order valence-electron chi connectivity index (χ2n) is 4.91. The van der Waals surface area contributed by atoms with Crippen LogP contribution in [-0.2, 0) is 0 Å². The zero-order chi connectivity index (χ0) is 14.7. The van der Waals surface area contributed by atoms with Crippen molar-refractivity contribution in [2.75, 3.05) is 0 Å². The van der Waals surface area contributed by atoms with Gasteiger partial charge < -0.3 is 5.32 Å². The largest absolute Gasteiger partial charge is 0.342 e. The van der Waals surface area contributed by atoms with Crippen molar-refractivity contribution in [2.24, 2.45) is 0 Å². The van der Waals surface area contributed by atoms with Crippen molar-refractivity contribution in [1.82, 2.24) is 20.1 Å². The highest BCUT2D eigenvalue weighted by molar-refractivity contribution is 7.71. The predicted molar refractivity (Wildman–Crippen MR) is 80.1 cm³/mol. The molecule has 0 saturated heterocycles. The van der Waals surface area contributed by atoms with Crippen molar-refractivity contribution in [3.63, 3.8) is 0 Å². The summed E-state index contributed by atoms with van der Waals surface area (Å²) in [5, 5.41) is 9.92. The number of nitrogens with one attached hydrogen (secondary N) is 2. The van der Waals surface area contributed by atoms with E-state index in [1.54, 1.807) is 12.1 Å². The maximum Gasteiger partial charge on any atom is 0.251 e. The molecule has 0 saturated carbocycles. The van der Waals surface area contributed by atoms with Gasteiger partial charge in [0, 0.05) is 11.6 Å². The molecule has 2 rings (SSSR count). The Morgan fingerprint density at radius 3 is 2.55 bits per heavy atom. The number of aromatic amines is 1. The Labute approximate surface area is 123 Å². The second kappa shape index (κ2) is 6.00. The normalized spacial score (nSPS) is 12.4. The maximum absolute atomic E-state index is 12.1. The lowest BCUT2D eigenvalue weighted by Crippen LogP contribution is -2.29. The Kier molecular flexibility index (Phi) is 4.34. The summed E-state index contributed by atoms with van der Waals surface area (Å²) in [6, 6.07) is 9.08. The van der Waals surface area contributed by atoms with E-state index in [4.69, 9.17) is 12.2 Å². The molecular weight excluding hydrogens is 272 g/mol. The first-order valence-corrected chi connectivity index (χ1v) is 6.94. The quantitative estimate of drug-likeness (QED) is 0.851. The van der Waals surface area contributed by atoms with Crippen LogP contribution < -0.4 is 5.32 Å². The third kappa shape index (κ3) is 2.96. The molecule has 0 aliphatic heterocycles. The minimum absolute atomic E-state index is 0.123. The lowest BCUT2D eigenvalue weighted by atomic mass is 10.2. The highest BCUT2D eigenvalue weighted by Gasteiger charge is 2.18. The van der Waals surface area contributed by atoms with E-state index in [1.165, 1.54) is 0 Å². The van der Waals surface area contributed by atoms with E-state index in [0.717, 1.165) is 5.82 Å². The van der Waals surface area contributed by atoms with Crippen LogP contribution in [0.2, 0.25) is 0 Å². The average Bonchev–Trinajstić information content (AvgIpc) is 2.81. The summed E-state index contributed by atoms with van der Waals surface area (Å²) in [4.78, 5) is 12.1. The molecule has 5 nitrogen and oxygen atoms in total. The molecule has 6 heteroatoms. The van der Waals surface area contributed by atoms with E-state index in [1.807, 2.05) is 43.5 Å². The average molecular weight is 290 g/mol. The molecule has 0 fully saturated rings. The molecule has 1 heterocycles. The molecule has 106 valence electrons. The Bertz CT molecular complexity index is 645. The summed E-state index contributed by atoms with van der Waals surface area (Å²) in [6.07, 6.45) is 0. The topological polar surface area (TPSA) is 62.7 Å². The van der Waals surface area contributed by atoms with Crippen molar-refractivity contribution in [3.8, 4) is 0 Å². The van der Waals surface area contributed by atoms with E-state index < -0.39 is 0 Å². The second-order valence-corrected chi connectivity index (χ2v) is 5.30. The molecular formula is C14H18N4OS. The van der Waals surface area contributed by atoms with Gasteiger partial charge in [-0.3, -0.25) is 14.5 Å². The van der Waals surface area contributed by atoms with Gasteiger partial charge in [-0.15, -0.1) is 0 Å². The molecule has 1 amide bonds. The highest BCUT2D eigenvalue weighted by atomic mass is 32.1. The number of benzene rings is 1. The Morgan fingerprint density at radius 1 is 1.30 bits per heavy atom. The first kappa shape index (κ1) is 14.5. The van der Waals surface area contributed by atoms with Crippen LogP contribution in [0.15, 0.2) is 30.3 Å². The summed E-state index contributed by atoms with van der Waals surface area (Å²) >= 11 is 5.21. The molecule has 1 aromatic heterocycles. The van der Waals surface area contributed by atoms with E-state index in [2.05, 4.69) is 15.5 Å². The van der Waals surface area contributed by atoms with Gasteiger partial charge in [0.15, 0.2) is 10.6 Å². The minimum atomic E-state index is -0.224. The van der Waals surface area contributed by atoms with Crippen LogP contribution in [0.5, 0.6) is 0 Å². The molecule has 20 heavy (non-hydrogen) atoms. The van der Waals surface area contributed by atoms with Gasteiger partial charge >= 0.3 is 0 Å². The third-order valence-electron chi connectivity index (χ3n) is 3.02. The number of H-pyrrole nitrogens is 1. The van der Waals surface area contributed by atoms with E-state index in [9.17, 15) is 4.79 Å². The third-order valence-corrected chi connectivity index (χ3v) is 3.31. The standard InChI is InChI=1S/C14H18N4OS/c1-9(2)18-12(16-17-14(18)20)10(3)15-13(19)11-7-5-4-6-8-11/h4-10H,1-3H3,(H,15,19)(H,17,20). The summed E-state index contributed by atoms with van der Waals surface area (Å²) in [5.74, 6) is 0.608. The van der Waals surface area contributed by atoms with Gasteiger partial charge in [-0.05, 0) is 45.1 Å². The Hall–Kier alpha value is -1.95. The van der Waals surface area contributed by atoms with Gasteiger partial charge in [0.2, 0.25) is 0 Å². The molecule has 2 aromatic rings. The molecule has 0 aliphatic carbocycles. The molecule has 1 atom stereocenters.